The number of fused-ring (bicyclic) bond motifs is 1. The Hall–Kier alpha value is -6.33. The molecule has 0 radical (unpaired) electrons. The van der Waals surface area contributed by atoms with Crippen LogP contribution in [0, 0.1) is 6.92 Å². The fourth-order valence-electron chi connectivity index (χ4n) is 6.46. The summed E-state index contributed by atoms with van der Waals surface area (Å²) in [7, 11) is 1.98. The number of aryl methyl sites for hydroxylation is 2. The maximum atomic E-state index is 10.6. The maximum Gasteiger partial charge on any atom is 0.144 e. The second-order valence-electron chi connectivity index (χ2n) is 12.1. The Bertz CT molecular complexity index is 2410. The van der Waals surface area contributed by atoms with Crippen molar-refractivity contribution >= 4 is 11.0 Å². The van der Waals surface area contributed by atoms with E-state index in [0.29, 0.717) is 11.4 Å². The van der Waals surface area contributed by atoms with E-state index in [9.17, 15) is 5.11 Å². The first-order valence-electron chi connectivity index (χ1n) is 16.0. The van der Waals surface area contributed by atoms with Crippen LogP contribution in [0.15, 0.2) is 152 Å². The van der Waals surface area contributed by atoms with Crippen LogP contribution in [0.4, 0.5) is 0 Å². The molecule has 0 aliphatic carbocycles. The molecule has 0 fully saturated rings. The van der Waals surface area contributed by atoms with Crippen LogP contribution in [-0.2, 0) is 7.05 Å². The second-order valence-corrected chi connectivity index (χ2v) is 12.1. The minimum atomic E-state index is 0.0989. The van der Waals surface area contributed by atoms with Crippen LogP contribution in [0.25, 0.3) is 78.2 Å². The highest BCUT2D eigenvalue weighted by molar-refractivity contribution is 5.96. The molecule has 0 aliphatic rings. The largest absolute Gasteiger partial charge is 0.506 e. The summed E-state index contributed by atoms with van der Waals surface area (Å²) in [5.41, 5.74) is 14.5. The Morgan fingerprint density at radius 3 is 1.92 bits per heavy atom. The third-order valence-corrected chi connectivity index (χ3v) is 9.01. The lowest BCUT2D eigenvalue weighted by Gasteiger charge is -2.13. The fourth-order valence-corrected chi connectivity index (χ4v) is 6.46. The Morgan fingerprint density at radius 1 is 0.542 bits per heavy atom. The monoisotopic (exact) mass is 620 g/mol. The molecule has 0 spiro atoms. The van der Waals surface area contributed by atoms with E-state index in [2.05, 4.69) is 127 Å². The van der Waals surface area contributed by atoms with Crippen molar-refractivity contribution in [3.8, 4) is 72.9 Å². The summed E-state index contributed by atoms with van der Waals surface area (Å²) in [6.07, 6.45) is 5.09. The highest BCUT2D eigenvalue weighted by Crippen LogP contribution is 2.38. The third kappa shape index (κ3) is 5.31. The number of hydrogen-bond donors (Lipinski definition) is 1. The zero-order valence-electron chi connectivity index (χ0n) is 26.7. The van der Waals surface area contributed by atoms with Crippen molar-refractivity contribution < 1.29 is 5.11 Å². The number of nitrogens with zero attached hydrogens (tertiary/aromatic N) is 4. The minimum Gasteiger partial charge on any atom is -0.506 e. The van der Waals surface area contributed by atoms with Crippen LogP contribution < -0.4 is 0 Å². The number of rotatable bonds is 6. The molecule has 0 atom stereocenters. The average Bonchev–Trinajstić information content (AvgIpc) is 3.48. The number of imidazole rings is 1. The topological polar surface area (TPSA) is 63.8 Å². The van der Waals surface area contributed by atoms with E-state index in [0.717, 1.165) is 61.2 Å². The molecule has 0 saturated heterocycles. The molecule has 0 unspecified atom stereocenters. The number of aromatic hydroxyl groups is 1. The van der Waals surface area contributed by atoms with E-state index < -0.39 is 0 Å². The van der Waals surface area contributed by atoms with Gasteiger partial charge in [-0.3, -0.25) is 9.97 Å². The summed E-state index contributed by atoms with van der Waals surface area (Å²) in [4.78, 5) is 14.1. The van der Waals surface area contributed by atoms with Gasteiger partial charge in [-0.2, -0.15) is 0 Å². The van der Waals surface area contributed by atoms with Gasteiger partial charge < -0.3 is 9.67 Å². The minimum absolute atomic E-state index is 0.0989. The van der Waals surface area contributed by atoms with Crippen molar-refractivity contribution in [1.29, 1.82) is 0 Å². The van der Waals surface area contributed by atoms with Gasteiger partial charge in [0.25, 0.3) is 0 Å². The van der Waals surface area contributed by atoms with Gasteiger partial charge in [-0.25, -0.2) is 4.98 Å². The standard InChI is InChI=1S/C43H32N4O/c1-28-26-45-39(25-38(28)32-18-16-31(17-19-32)29-10-5-3-6-11-29)35-23-33(30-12-7-4-8-13-30)22-34(24-35)36-14-9-15-40-42(36)46-43(47(40)2)37-20-21-44-27-41(37)48/h3-27,48H,1-2H3. The highest BCUT2D eigenvalue weighted by Gasteiger charge is 2.18. The average molecular weight is 621 g/mol. The van der Waals surface area contributed by atoms with Gasteiger partial charge in [-0.1, -0.05) is 97.1 Å². The van der Waals surface area contributed by atoms with E-state index in [-0.39, 0.29) is 5.75 Å². The summed E-state index contributed by atoms with van der Waals surface area (Å²) >= 11 is 0. The summed E-state index contributed by atoms with van der Waals surface area (Å²) < 4.78 is 2.02. The molecule has 230 valence electrons. The van der Waals surface area contributed by atoms with Gasteiger partial charge in [0.15, 0.2) is 0 Å². The Kier molecular flexibility index (Phi) is 7.35. The molecule has 0 amide bonds. The van der Waals surface area contributed by atoms with Crippen LogP contribution in [0.3, 0.4) is 0 Å². The SMILES string of the molecule is Cc1cnc(-c2cc(-c3ccccc3)cc(-c3cccc4c3nc(-c3ccncc3O)n4C)c2)cc1-c1ccc(-c2ccccc2)cc1. The van der Waals surface area contributed by atoms with Gasteiger partial charge in [0.2, 0.25) is 0 Å². The Balaban J connectivity index is 1.27. The van der Waals surface area contributed by atoms with Crippen LogP contribution in [0.1, 0.15) is 5.56 Å². The van der Waals surface area contributed by atoms with E-state index in [4.69, 9.17) is 9.97 Å². The molecule has 5 aromatic carbocycles. The zero-order valence-corrected chi connectivity index (χ0v) is 26.7. The van der Waals surface area contributed by atoms with Gasteiger partial charge >= 0.3 is 0 Å². The van der Waals surface area contributed by atoms with Crippen molar-refractivity contribution in [2.75, 3.05) is 0 Å². The highest BCUT2D eigenvalue weighted by atomic mass is 16.3. The second kappa shape index (κ2) is 12.1. The van der Waals surface area contributed by atoms with Crippen molar-refractivity contribution in [2.24, 2.45) is 7.05 Å². The van der Waals surface area contributed by atoms with Crippen LogP contribution in [0.2, 0.25) is 0 Å². The molecular weight excluding hydrogens is 589 g/mol. The molecule has 5 heteroatoms. The molecule has 8 rings (SSSR count). The summed E-state index contributed by atoms with van der Waals surface area (Å²) in [6.45, 7) is 2.11. The molecule has 3 heterocycles. The Morgan fingerprint density at radius 2 is 1.19 bits per heavy atom. The molecule has 3 aromatic heterocycles. The maximum absolute atomic E-state index is 10.6. The smallest absolute Gasteiger partial charge is 0.144 e. The van der Waals surface area contributed by atoms with Gasteiger partial charge in [0, 0.05) is 30.6 Å². The quantitative estimate of drug-likeness (QED) is 0.201. The van der Waals surface area contributed by atoms with Gasteiger partial charge in [-0.15, -0.1) is 0 Å². The number of benzene rings is 5. The van der Waals surface area contributed by atoms with E-state index in [1.54, 1.807) is 12.3 Å². The predicted octanol–water partition coefficient (Wildman–Crippen LogP) is 10.4. The molecule has 8 aromatic rings. The van der Waals surface area contributed by atoms with Crippen LogP contribution in [0.5, 0.6) is 5.75 Å². The first-order chi connectivity index (χ1) is 23.5. The predicted molar refractivity (Wildman–Crippen MR) is 195 cm³/mol. The summed E-state index contributed by atoms with van der Waals surface area (Å²) in [6, 6.07) is 46.5. The molecule has 0 bridgehead atoms. The number of pyridine rings is 2. The van der Waals surface area contributed by atoms with Crippen molar-refractivity contribution in [1.82, 2.24) is 19.5 Å². The first-order valence-corrected chi connectivity index (χ1v) is 16.0. The lowest BCUT2D eigenvalue weighted by atomic mass is 9.93. The number of aromatic nitrogens is 4. The third-order valence-electron chi connectivity index (χ3n) is 9.01. The normalized spacial score (nSPS) is 11.2. The van der Waals surface area contributed by atoms with Gasteiger partial charge in [-0.05, 0) is 87.8 Å². The van der Waals surface area contributed by atoms with E-state index >= 15 is 0 Å². The molecule has 5 nitrogen and oxygen atoms in total. The molecule has 1 N–H and O–H groups in total. The Labute approximate surface area is 279 Å². The fraction of sp³-hybridized carbons (Fsp3) is 0.0465. The number of para-hydroxylation sites is 1. The van der Waals surface area contributed by atoms with Crippen LogP contribution >= 0.6 is 0 Å². The lowest BCUT2D eigenvalue weighted by Crippen LogP contribution is -1.93. The lowest BCUT2D eigenvalue weighted by molar-refractivity contribution is 0.474. The molecule has 0 saturated carbocycles. The van der Waals surface area contributed by atoms with Crippen molar-refractivity contribution in [2.45, 2.75) is 6.92 Å². The molecule has 0 aliphatic heterocycles. The summed E-state index contributed by atoms with van der Waals surface area (Å²) in [5.74, 6) is 0.779. The molecule has 48 heavy (non-hydrogen) atoms. The van der Waals surface area contributed by atoms with Crippen molar-refractivity contribution in [3.05, 3.63) is 158 Å². The van der Waals surface area contributed by atoms with E-state index in [1.807, 2.05) is 29.9 Å². The van der Waals surface area contributed by atoms with Crippen LogP contribution in [-0.4, -0.2) is 24.6 Å². The molecular formula is C43H32N4O. The summed E-state index contributed by atoms with van der Waals surface area (Å²) in [5, 5.41) is 10.6. The van der Waals surface area contributed by atoms with Gasteiger partial charge in [0.1, 0.15) is 11.6 Å². The first kappa shape index (κ1) is 29.1. The zero-order chi connectivity index (χ0) is 32.6. The van der Waals surface area contributed by atoms with Gasteiger partial charge in [0.05, 0.1) is 28.5 Å². The number of hydrogen-bond acceptors (Lipinski definition) is 4. The van der Waals surface area contributed by atoms with E-state index in [1.165, 1.54) is 17.3 Å². The van der Waals surface area contributed by atoms with Crippen molar-refractivity contribution in [3.63, 3.8) is 0 Å².